The average Bonchev–Trinajstić information content (AvgIpc) is 3.23. The first-order valence-electron chi connectivity index (χ1n) is 9.66. The lowest BCUT2D eigenvalue weighted by Crippen LogP contribution is -2.15. The molecule has 158 valence electrons. The van der Waals surface area contributed by atoms with Crippen LogP contribution in [0.15, 0.2) is 78.2 Å². The fourth-order valence-electron chi connectivity index (χ4n) is 3.52. The summed E-state index contributed by atoms with van der Waals surface area (Å²) in [5.41, 5.74) is 2.90. The van der Waals surface area contributed by atoms with Crippen molar-refractivity contribution in [2.24, 2.45) is 0 Å². The molecule has 0 bridgehead atoms. The predicted molar refractivity (Wildman–Crippen MR) is 119 cm³/mol. The molecule has 0 aliphatic rings. The van der Waals surface area contributed by atoms with Gasteiger partial charge in [-0.05, 0) is 68.3 Å². The van der Waals surface area contributed by atoms with Gasteiger partial charge in [0, 0.05) is 24.1 Å². The van der Waals surface area contributed by atoms with Crippen LogP contribution in [0.3, 0.4) is 0 Å². The Bertz CT molecular complexity index is 1290. The minimum atomic E-state index is -3.71. The van der Waals surface area contributed by atoms with Crippen LogP contribution in [0.2, 0.25) is 0 Å². The summed E-state index contributed by atoms with van der Waals surface area (Å²) in [6.45, 7) is 5.55. The summed E-state index contributed by atoms with van der Waals surface area (Å²) in [7, 11) is -3.71. The predicted octanol–water partition coefficient (Wildman–Crippen LogP) is 4.79. The number of benzene rings is 2. The Labute approximate surface area is 181 Å². The van der Waals surface area contributed by atoms with Crippen molar-refractivity contribution in [3.05, 3.63) is 90.0 Å². The van der Waals surface area contributed by atoms with Crippen LogP contribution in [0.4, 0.5) is 5.69 Å². The summed E-state index contributed by atoms with van der Waals surface area (Å²) in [5, 5.41) is 0. The number of aromatic nitrogens is 3. The van der Waals surface area contributed by atoms with Crippen LogP contribution in [-0.4, -0.2) is 23.0 Å². The van der Waals surface area contributed by atoms with Crippen molar-refractivity contribution in [2.45, 2.75) is 25.7 Å². The Morgan fingerprint density at radius 1 is 0.903 bits per heavy atom. The molecular weight excluding hydrogens is 412 g/mol. The maximum Gasteiger partial charge on any atom is 0.262 e. The number of nitrogens with zero attached hydrogens (tertiary/aromatic N) is 3. The number of anilines is 1. The molecule has 0 aliphatic carbocycles. The van der Waals surface area contributed by atoms with Gasteiger partial charge < -0.3 is 9.30 Å². The van der Waals surface area contributed by atoms with Crippen LogP contribution < -0.4 is 9.46 Å². The lowest BCUT2D eigenvalue weighted by atomic mass is 10.1. The Hall–Kier alpha value is -3.65. The molecule has 4 rings (SSSR count). The van der Waals surface area contributed by atoms with Crippen molar-refractivity contribution in [3.63, 3.8) is 0 Å². The molecule has 4 aromatic rings. The Morgan fingerprint density at radius 2 is 1.55 bits per heavy atom. The second-order valence-electron chi connectivity index (χ2n) is 7.26. The standard InChI is InChI=1S/C23H22N4O3S/c1-16-12-17(2)23(18(3)13-16)31(28,29)26-19-6-8-20(9-7-19)30-22-14-21(24-15-25-22)27-10-4-5-11-27/h4-15,26H,1-3H3. The molecule has 0 saturated carbocycles. The highest BCUT2D eigenvalue weighted by molar-refractivity contribution is 7.92. The van der Waals surface area contributed by atoms with Gasteiger partial charge in [0.15, 0.2) is 0 Å². The molecule has 2 heterocycles. The fourth-order valence-corrected chi connectivity index (χ4v) is 5.04. The number of sulfonamides is 1. The normalized spacial score (nSPS) is 11.3. The van der Waals surface area contributed by atoms with E-state index in [0.29, 0.717) is 39.2 Å². The summed E-state index contributed by atoms with van der Waals surface area (Å²) in [5.74, 6) is 1.60. The monoisotopic (exact) mass is 434 g/mol. The van der Waals surface area contributed by atoms with Gasteiger partial charge >= 0.3 is 0 Å². The number of nitrogens with one attached hydrogen (secondary N) is 1. The Balaban J connectivity index is 1.51. The fraction of sp³-hybridized carbons (Fsp3) is 0.130. The zero-order chi connectivity index (χ0) is 22.0. The minimum absolute atomic E-state index is 0.303. The van der Waals surface area contributed by atoms with E-state index in [4.69, 9.17) is 4.74 Å². The van der Waals surface area contributed by atoms with Gasteiger partial charge in [-0.2, -0.15) is 0 Å². The second-order valence-corrected chi connectivity index (χ2v) is 8.88. The quantitative estimate of drug-likeness (QED) is 0.472. The van der Waals surface area contributed by atoms with E-state index in [2.05, 4.69) is 14.7 Å². The van der Waals surface area contributed by atoms with E-state index >= 15 is 0 Å². The Morgan fingerprint density at radius 3 is 2.19 bits per heavy atom. The van der Waals surface area contributed by atoms with Crippen molar-refractivity contribution in [2.75, 3.05) is 4.72 Å². The van der Waals surface area contributed by atoms with E-state index in [9.17, 15) is 8.42 Å². The third-order valence-corrected chi connectivity index (χ3v) is 6.38. The third kappa shape index (κ3) is 4.59. The highest BCUT2D eigenvalue weighted by Gasteiger charge is 2.20. The largest absolute Gasteiger partial charge is 0.439 e. The molecule has 1 N–H and O–H groups in total. The maximum absolute atomic E-state index is 12.9. The van der Waals surface area contributed by atoms with E-state index in [1.807, 2.05) is 48.1 Å². The van der Waals surface area contributed by atoms with Gasteiger partial charge in [0.25, 0.3) is 10.0 Å². The lowest BCUT2D eigenvalue weighted by molar-refractivity contribution is 0.461. The highest BCUT2D eigenvalue weighted by Crippen LogP contribution is 2.26. The van der Waals surface area contributed by atoms with Crippen LogP contribution in [0.5, 0.6) is 11.6 Å². The molecule has 0 atom stereocenters. The number of rotatable bonds is 6. The molecule has 0 fully saturated rings. The van der Waals surface area contributed by atoms with Crippen LogP contribution in [-0.2, 0) is 10.0 Å². The molecule has 2 aromatic heterocycles. The molecule has 0 aliphatic heterocycles. The van der Waals surface area contributed by atoms with E-state index < -0.39 is 10.0 Å². The summed E-state index contributed by atoms with van der Waals surface area (Å²) in [6.07, 6.45) is 5.19. The first-order chi connectivity index (χ1) is 14.8. The molecule has 7 nitrogen and oxygen atoms in total. The number of hydrogen-bond acceptors (Lipinski definition) is 5. The van der Waals surface area contributed by atoms with Gasteiger partial charge in [-0.1, -0.05) is 17.7 Å². The summed E-state index contributed by atoms with van der Waals surface area (Å²) >= 11 is 0. The first-order valence-corrected chi connectivity index (χ1v) is 11.1. The molecule has 31 heavy (non-hydrogen) atoms. The van der Waals surface area contributed by atoms with Crippen molar-refractivity contribution >= 4 is 15.7 Å². The third-order valence-electron chi connectivity index (χ3n) is 4.70. The van der Waals surface area contributed by atoms with E-state index in [1.165, 1.54) is 6.33 Å². The molecule has 0 unspecified atom stereocenters. The Kier molecular flexibility index (Phi) is 5.48. The first kappa shape index (κ1) is 20.6. The second kappa shape index (κ2) is 8.23. The van der Waals surface area contributed by atoms with E-state index in [0.717, 1.165) is 5.56 Å². The van der Waals surface area contributed by atoms with Gasteiger partial charge in [0.1, 0.15) is 17.9 Å². The van der Waals surface area contributed by atoms with Crippen LogP contribution in [0.1, 0.15) is 16.7 Å². The molecule has 0 radical (unpaired) electrons. The van der Waals surface area contributed by atoms with Crippen LogP contribution in [0, 0.1) is 20.8 Å². The van der Waals surface area contributed by atoms with Crippen LogP contribution >= 0.6 is 0 Å². The van der Waals surface area contributed by atoms with Crippen molar-refractivity contribution in [1.29, 1.82) is 0 Å². The average molecular weight is 435 g/mol. The zero-order valence-electron chi connectivity index (χ0n) is 17.4. The smallest absolute Gasteiger partial charge is 0.262 e. The molecule has 0 saturated heterocycles. The molecular formula is C23H22N4O3S. The zero-order valence-corrected chi connectivity index (χ0v) is 18.2. The molecule has 0 spiro atoms. The number of aryl methyl sites for hydroxylation is 3. The van der Waals surface area contributed by atoms with Gasteiger partial charge in [-0.15, -0.1) is 0 Å². The number of hydrogen-bond donors (Lipinski definition) is 1. The van der Waals surface area contributed by atoms with Crippen molar-refractivity contribution in [1.82, 2.24) is 14.5 Å². The van der Waals surface area contributed by atoms with Crippen molar-refractivity contribution < 1.29 is 13.2 Å². The summed E-state index contributed by atoms with van der Waals surface area (Å²) in [6, 6.07) is 15.9. The minimum Gasteiger partial charge on any atom is -0.439 e. The van der Waals surface area contributed by atoms with E-state index in [1.54, 1.807) is 44.2 Å². The maximum atomic E-state index is 12.9. The molecule has 0 amide bonds. The lowest BCUT2D eigenvalue weighted by Gasteiger charge is -2.14. The summed E-state index contributed by atoms with van der Waals surface area (Å²) in [4.78, 5) is 8.66. The SMILES string of the molecule is Cc1cc(C)c(S(=O)(=O)Nc2ccc(Oc3cc(-n4cccc4)ncn3)cc2)c(C)c1. The van der Waals surface area contributed by atoms with Gasteiger partial charge in [-0.3, -0.25) is 4.72 Å². The van der Waals surface area contributed by atoms with Gasteiger partial charge in [0.05, 0.1) is 4.90 Å². The topological polar surface area (TPSA) is 86.1 Å². The summed E-state index contributed by atoms with van der Waals surface area (Å²) < 4.78 is 36.1. The number of ether oxygens (including phenoxy) is 1. The highest BCUT2D eigenvalue weighted by atomic mass is 32.2. The molecule has 8 heteroatoms. The van der Waals surface area contributed by atoms with Gasteiger partial charge in [0.2, 0.25) is 5.88 Å². The van der Waals surface area contributed by atoms with Crippen molar-refractivity contribution in [3.8, 4) is 17.4 Å². The molecule has 2 aromatic carbocycles. The van der Waals surface area contributed by atoms with Gasteiger partial charge in [-0.25, -0.2) is 18.4 Å². The van der Waals surface area contributed by atoms with E-state index in [-0.39, 0.29) is 0 Å². The van der Waals surface area contributed by atoms with Crippen LogP contribution in [0.25, 0.3) is 5.82 Å².